The average Bonchev–Trinajstić information content (AvgIpc) is 2.92. The van der Waals surface area contributed by atoms with Gasteiger partial charge >= 0.3 is 6.18 Å². The quantitative estimate of drug-likeness (QED) is 0.179. The molecule has 0 saturated heterocycles. The highest BCUT2D eigenvalue weighted by Gasteiger charge is 2.30. The van der Waals surface area contributed by atoms with Gasteiger partial charge in [0.15, 0.2) is 0 Å². The number of nitrogens with zero attached hydrogens (tertiary/aromatic N) is 1. The molecule has 2 nitrogen and oxygen atoms in total. The van der Waals surface area contributed by atoms with Crippen LogP contribution in [0.15, 0.2) is 78.9 Å². The monoisotopic (exact) mass is 518 g/mol. The second kappa shape index (κ2) is 13.6. The van der Waals surface area contributed by atoms with Crippen molar-refractivity contribution < 1.29 is 13.2 Å². The van der Waals surface area contributed by atoms with Crippen LogP contribution in [0.25, 0.3) is 22.0 Å². The zero-order valence-corrected chi connectivity index (χ0v) is 21.9. The molecule has 0 fully saturated rings. The zero-order chi connectivity index (χ0) is 26.8. The summed E-state index contributed by atoms with van der Waals surface area (Å²) in [4.78, 5) is 4.77. The van der Waals surface area contributed by atoms with Gasteiger partial charge in [-0.05, 0) is 66.3 Å². The number of benzene rings is 3. The Morgan fingerprint density at radius 2 is 1.29 bits per heavy atom. The molecule has 0 unspecified atom stereocenters. The molecule has 0 saturated carbocycles. The van der Waals surface area contributed by atoms with Crippen molar-refractivity contribution in [1.82, 2.24) is 4.98 Å². The van der Waals surface area contributed by atoms with Crippen molar-refractivity contribution in [3.8, 4) is 11.1 Å². The van der Waals surface area contributed by atoms with Crippen molar-refractivity contribution in [2.45, 2.75) is 70.4 Å². The number of fused-ring (bicyclic) bond motifs is 1. The summed E-state index contributed by atoms with van der Waals surface area (Å²) in [6, 6.07) is 24.5. The van der Waals surface area contributed by atoms with Gasteiger partial charge in [-0.3, -0.25) is 4.98 Å². The number of halogens is 3. The first-order valence-electron chi connectivity index (χ1n) is 13.8. The third-order valence-electron chi connectivity index (χ3n) is 7.15. The largest absolute Gasteiger partial charge is 0.416 e. The van der Waals surface area contributed by atoms with Crippen LogP contribution < -0.4 is 5.73 Å². The lowest BCUT2D eigenvalue weighted by atomic mass is 9.96. The van der Waals surface area contributed by atoms with Crippen LogP contribution in [0, 0.1) is 0 Å². The second-order valence-electron chi connectivity index (χ2n) is 10.1. The van der Waals surface area contributed by atoms with Gasteiger partial charge in [0.05, 0.1) is 11.1 Å². The minimum absolute atomic E-state index is 0.400. The molecule has 0 aliphatic heterocycles. The van der Waals surface area contributed by atoms with Gasteiger partial charge in [-0.2, -0.15) is 13.2 Å². The van der Waals surface area contributed by atoms with Gasteiger partial charge in [0, 0.05) is 17.5 Å². The van der Waals surface area contributed by atoms with Crippen LogP contribution in [-0.2, 0) is 19.0 Å². The van der Waals surface area contributed by atoms with Crippen LogP contribution in [0.1, 0.15) is 73.8 Å². The minimum atomic E-state index is -4.38. The van der Waals surface area contributed by atoms with Gasteiger partial charge in [-0.1, -0.05) is 99.2 Å². The van der Waals surface area contributed by atoms with E-state index in [-0.39, 0.29) is 0 Å². The molecule has 4 aromatic rings. The predicted octanol–water partition coefficient (Wildman–Crippen LogP) is 9.13. The van der Waals surface area contributed by atoms with Crippen LogP contribution in [-0.4, -0.2) is 11.5 Å². The molecule has 0 aliphatic carbocycles. The van der Waals surface area contributed by atoms with Crippen molar-refractivity contribution in [1.29, 1.82) is 0 Å². The highest BCUT2D eigenvalue weighted by atomic mass is 19.4. The van der Waals surface area contributed by atoms with Crippen molar-refractivity contribution in [2.24, 2.45) is 5.73 Å². The fourth-order valence-electron chi connectivity index (χ4n) is 4.96. The molecule has 0 radical (unpaired) electrons. The topological polar surface area (TPSA) is 38.9 Å². The minimum Gasteiger partial charge on any atom is -0.330 e. The number of nitrogens with two attached hydrogens (primary N) is 1. The van der Waals surface area contributed by atoms with Gasteiger partial charge in [-0.15, -0.1) is 0 Å². The van der Waals surface area contributed by atoms with E-state index in [1.165, 1.54) is 38.2 Å². The summed E-state index contributed by atoms with van der Waals surface area (Å²) >= 11 is 0. The Labute approximate surface area is 224 Å². The maximum absolute atomic E-state index is 13.3. The summed E-state index contributed by atoms with van der Waals surface area (Å²) in [7, 11) is 0. The lowest BCUT2D eigenvalue weighted by molar-refractivity contribution is -0.137. The Balaban J connectivity index is 1.49. The molecule has 1 aromatic heterocycles. The normalized spacial score (nSPS) is 11.8. The number of pyridine rings is 1. The Kier molecular flexibility index (Phi) is 9.94. The first-order valence-corrected chi connectivity index (χ1v) is 13.8. The maximum atomic E-state index is 13.3. The molecule has 3 aromatic carbocycles. The number of aryl methyl sites for hydroxylation is 1. The van der Waals surface area contributed by atoms with E-state index in [0.29, 0.717) is 11.9 Å². The van der Waals surface area contributed by atoms with Crippen LogP contribution in [0.4, 0.5) is 13.2 Å². The molecule has 0 aliphatic rings. The summed E-state index contributed by atoms with van der Waals surface area (Å²) in [5.74, 6) is 0. The number of hydrogen-bond acceptors (Lipinski definition) is 2. The molecular formula is C33H37F3N2. The Morgan fingerprint density at radius 1 is 0.658 bits per heavy atom. The van der Waals surface area contributed by atoms with E-state index in [2.05, 4.69) is 36.4 Å². The SMILES string of the molecule is NCCCCCCCCCCc1cc2ccc(C(F)(F)F)cc2nc1Cc1ccc(-c2ccccc2)cc1. The molecule has 0 spiro atoms. The van der Waals surface area contributed by atoms with Crippen LogP contribution >= 0.6 is 0 Å². The van der Waals surface area contributed by atoms with Crippen molar-refractivity contribution in [3.05, 3.63) is 101 Å². The molecular weight excluding hydrogens is 481 g/mol. The Bertz CT molecular complexity index is 1280. The van der Waals surface area contributed by atoms with Gasteiger partial charge in [0.1, 0.15) is 0 Å². The average molecular weight is 519 g/mol. The van der Waals surface area contributed by atoms with E-state index in [0.717, 1.165) is 71.6 Å². The summed E-state index contributed by atoms with van der Waals surface area (Å²) in [6.45, 7) is 0.775. The van der Waals surface area contributed by atoms with Gasteiger partial charge < -0.3 is 5.73 Å². The number of aromatic nitrogens is 1. The fourth-order valence-corrected chi connectivity index (χ4v) is 4.96. The molecule has 0 amide bonds. The molecule has 200 valence electrons. The van der Waals surface area contributed by atoms with Crippen molar-refractivity contribution >= 4 is 10.9 Å². The number of rotatable bonds is 13. The Hall–Kier alpha value is -3.18. The maximum Gasteiger partial charge on any atom is 0.416 e. The summed E-state index contributed by atoms with van der Waals surface area (Å²) < 4.78 is 40.0. The van der Waals surface area contributed by atoms with Crippen molar-refractivity contribution in [3.63, 3.8) is 0 Å². The smallest absolute Gasteiger partial charge is 0.330 e. The third-order valence-corrected chi connectivity index (χ3v) is 7.15. The van der Waals surface area contributed by atoms with Gasteiger partial charge in [-0.25, -0.2) is 0 Å². The van der Waals surface area contributed by atoms with Crippen LogP contribution in [0.3, 0.4) is 0 Å². The Morgan fingerprint density at radius 3 is 1.95 bits per heavy atom. The summed E-state index contributed by atoms with van der Waals surface area (Å²) in [5.41, 5.74) is 10.7. The number of unbranched alkanes of at least 4 members (excludes halogenated alkanes) is 7. The van der Waals surface area contributed by atoms with Crippen molar-refractivity contribution in [2.75, 3.05) is 6.54 Å². The van der Waals surface area contributed by atoms with Gasteiger partial charge in [0.2, 0.25) is 0 Å². The molecule has 1 heterocycles. The highest BCUT2D eigenvalue weighted by Crippen LogP contribution is 2.32. The van der Waals surface area contributed by atoms with Crippen LogP contribution in [0.2, 0.25) is 0 Å². The lowest BCUT2D eigenvalue weighted by Crippen LogP contribution is -2.06. The first-order chi connectivity index (χ1) is 18.4. The van der Waals surface area contributed by atoms with E-state index in [4.69, 9.17) is 10.7 Å². The molecule has 0 bridgehead atoms. The molecule has 5 heteroatoms. The molecule has 4 rings (SSSR count). The van der Waals surface area contributed by atoms with E-state index < -0.39 is 11.7 Å². The second-order valence-corrected chi connectivity index (χ2v) is 10.1. The third kappa shape index (κ3) is 7.91. The number of alkyl halides is 3. The molecule has 2 N–H and O–H groups in total. The standard InChI is InChI=1S/C33H37F3N2/c34-33(35,36)30-20-19-29-23-28(14-8-5-3-1-2-4-6-11-21-37)31(38-32(29)24-30)22-25-15-17-27(18-16-25)26-12-9-7-10-13-26/h7,9-10,12-13,15-20,23-24H,1-6,8,11,14,21-22,37H2. The highest BCUT2D eigenvalue weighted by molar-refractivity contribution is 5.80. The molecule has 0 atom stereocenters. The van der Waals surface area contributed by atoms with E-state index >= 15 is 0 Å². The summed E-state index contributed by atoms with van der Waals surface area (Å²) in [5, 5.41) is 0.760. The lowest BCUT2D eigenvalue weighted by Gasteiger charge is -2.13. The predicted molar refractivity (Wildman–Crippen MR) is 151 cm³/mol. The van der Waals surface area contributed by atoms with E-state index in [1.807, 2.05) is 24.3 Å². The van der Waals surface area contributed by atoms with Crippen LogP contribution in [0.5, 0.6) is 0 Å². The zero-order valence-electron chi connectivity index (χ0n) is 21.9. The number of hydrogen-bond donors (Lipinski definition) is 1. The van der Waals surface area contributed by atoms with Gasteiger partial charge in [0.25, 0.3) is 0 Å². The fraction of sp³-hybridized carbons (Fsp3) is 0.364. The van der Waals surface area contributed by atoms with E-state index in [1.54, 1.807) is 6.07 Å². The first kappa shape index (κ1) is 27.8. The summed E-state index contributed by atoms with van der Waals surface area (Å²) in [6.07, 6.45) is 6.56. The van der Waals surface area contributed by atoms with E-state index in [9.17, 15) is 13.2 Å². The molecule has 38 heavy (non-hydrogen) atoms.